The van der Waals surface area contributed by atoms with Crippen molar-refractivity contribution in [3.63, 3.8) is 0 Å². The van der Waals surface area contributed by atoms with E-state index in [1.165, 1.54) is 4.57 Å². The van der Waals surface area contributed by atoms with Crippen molar-refractivity contribution in [2.75, 3.05) is 20.2 Å². The van der Waals surface area contributed by atoms with Gasteiger partial charge in [0.2, 0.25) is 5.69 Å². The monoisotopic (exact) mass is 435 g/mol. The van der Waals surface area contributed by atoms with Gasteiger partial charge in [-0.15, -0.1) is 0 Å². The zero-order chi connectivity index (χ0) is 21.5. The molecule has 0 atom stereocenters. The van der Waals surface area contributed by atoms with E-state index >= 15 is 0 Å². The topological polar surface area (TPSA) is 82.2 Å². The second-order valence-electron chi connectivity index (χ2n) is 7.98. The highest BCUT2D eigenvalue weighted by Crippen LogP contribution is 2.34. The van der Waals surface area contributed by atoms with Crippen molar-refractivity contribution >= 4 is 29.9 Å². The minimum Gasteiger partial charge on any atom is -0.742 e. The average Bonchev–Trinajstić information content (AvgIpc) is 3.45. The summed E-state index contributed by atoms with van der Waals surface area (Å²) in [6, 6.07) is 13.1. The largest absolute Gasteiger partial charge is 0.742 e. The fourth-order valence-corrected chi connectivity index (χ4v) is 4.59. The van der Waals surface area contributed by atoms with Crippen molar-refractivity contribution in [2.45, 2.75) is 24.5 Å². The molecule has 2 aliphatic rings. The fourth-order valence-electron chi connectivity index (χ4n) is 4.35. The molecule has 0 unspecified atom stereocenters. The maximum absolute atomic E-state index is 13.2. The quantitative estimate of drug-likeness (QED) is 0.278. The summed E-state index contributed by atoms with van der Waals surface area (Å²) in [6.45, 7) is 2.12. The van der Waals surface area contributed by atoms with E-state index in [4.69, 9.17) is 17.4 Å². The zero-order valence-corrected chi connectivity index (χ0v) is 18.0. The van der Waals surface area contributed by atoms with Gasteiger partial charge in [0.25, 0.3) is 0 Å². The molecule has 0 radical (unpaired) electrons. The van der Waals surface area contributed by atoms with Crippen molar-refractivity contribution in [1.82, 2.24) is 9.55 Å². The highest BCUT2D eigenvalue weighted by Gasteiger charge is 2.29. The predicted molar refractivity (Wildman–Crippen MR) is 117 cm³/mol. The summed E-state index contributed by atoms with van der Waals surface area (Å²) < 4.78 is 6.81. The molecule has 0 aliphatic carbocycles. The highest BCUT2D eigenvalue weighted by atomic mass is 32.1. The van der Waals surface area contributed by atoms with Crippen LogP contribution in [0.15, 0.2) is 52.4 Å². The summed E-state index contributed by atoms with van der Waals surface area (Å²) in [5.41, 5.74) is 4.39. The molecule has 0 bridgehead atoms. The van der Waals surface area contributed by atoms with Crippen LogP contribution in [0.2, 0.25) is 0 Å². The van der Waals surface area contributed by atoms with Gasteiger partial charge >= 0.3 is 11.5 Å². The Hall–Kier alpha value is -3.07. The zero-order valence-electron chi connectivity index (χ0n) is 17.2. The first-order valence-electron chi connectivity index (χ1n) is 10.4. The molecule has 0 spiro atoms. The number of hydrogen-bond donors (Lipinski definition) is 2. The van der Waals surface area contributed by atoms with E-state index in [0.717, 1.165) is 47.6 Å². The standard InChI is InChI=1S/C23H22N4O3S/c1-30-16-8-9-18-17(12-16)19-20(24-18)22(29)27(23(31)25-19)13-14-4-6-15(7-5-14)21(28)26-10-2-3-11-26/h4-9,12,24H,2-3,10-11,13H2,1H3,(H,25,31)/p+1. The number of quaternary nitrogens is 2. The van der Waals surface area contributed by atoms with Crippen LogP contribution in [0.25, 0.3) is 11.3 Å². The number of rotatable bonds is 4. The molecular formula is C23H23N4O3S+. The Morgan fingerprint density at radius 2 is 1.94 bits per heavy atom. The van der Waals surface area contributed by atoms with Crippen molar-refractivity contribution < 1.29 is 19.7 Å². The molecule has 8 heteroatoms. The molecular weight excluding hydrogens is 412 g/mol. The van der Waals surface area contributed by atoms with Crippen molar-refractivity contribution in [3.05, 3.63) is 63.9 Å². The van der Waals surface area contributed by atoms with Crippen LogP contribution in [-0.4, -0.2) is 35.7 Å². The van der Waals surface area contributed by atoms with Crippen LogP contribution < -0.4 is 20.5 Å². The van der Waals surface area contributed by atoms with Gasteiger partial charge in [0.15, 0.2) is 0 Å². The number of aromatic nitrogens is 2. The van der Waals surface area contributed by atoms with Gasteiger partial charge in [0, 0.05) is 18.9 Å². The van der Waals surface area contributed by atoms with Crippen molar-refractivity contribution in [2.24, 2.45) is 0 Å². The molecule has 7 nitrogen and oxygen atoms in total. The number of likely N-dealkylation sites (tertiary alicyclic amines) is 1. The lowest BCUT2D eigenvalue weighted by molar-refractivity contribution is -0.799. The lowest BCUT2D eigenvalue weighted by Crippen LogP contribution is -3.12. The molecule has 31 heavy (non-hydrogen) atoms. The SMILES string of the molecule is COc1ccc2c(c1)-c1nc([S-])n(Cc3ccc(C(=O)[NH+]4CCCC4)cc3)c(=O)c1[NH2+]2. The number of nitrogens with zero attached hydrogens (tertiary/aromatic N) is 2. The molecule has 3 aromatic rings. The molecule has 5 rings (SSSR count). The lowest BCUT2D eigenvalue weighted by Gasteiger charge is -2.17. The Kier molecular flexibility index (Phi) is 5.05. The predicted octanol–water partition coefficient (Wildman–Crippen LogP) is 0.532. The van der Waals surface area contributed by atoms with Gasteiger partial charge in [-0.05, 0) is 35.0 Å². The molecule has 1 fully saturated rings. The Morgan fingerprint density at radius 1 is 1.19 bits per heavy atom. The van der Waals surface area contributed by atoms with E-state index in [0.29, 0.717) is 29.2 Å². The molecule has 1 amide bonds. The van der Waals surface area contributed by atoms with Gasteiger partial charge in [0.1, 0.15) is 17.1 Å². The first-order chi connectivity index (χ1) is 15.0. The van der Waals surface area contributed by atoms with Gasteiger partial charge in [0.05, 0.1) is 37.9 Å². The van der Waals surface area contributed by atoms with Crippen LogP contribution >= 0.6 is 0 Å². The highest BCUT2D eigenvalue weighted by molar-refractivity contribution is 7.58. The number of fused-ring (bicyclic) bond motifs is 3. The van der Waals surface area contributed by atoms with Gasteiger partial charge in [-0.2, -0.15) is 0 Å². The first-order valence-corrected chi connectivity index (χ1v) is 10.8. The summed E-state index contributed by atoms with van der Waals surface area (Å²) >= 11 is 5.46. The minimum atomic E-state index is -0.160. The second kappa shape index (κ2) is 7.88. The minimum absolute atomic E-state index is 0.146. The van der Waals surface area contributed by atoms with E-state index in [1.807, 2.05) is 47.8 Å². The molecule has 3 N–H and O–H groups in total. The summed E-state index contributed by atoms with van der Waals surface area (Å²) in [6.07, 6.45) is 2.20. The van der Waals surface area contributed by atoms with E-state index in [-0.39, 0.29) is 16.6 Å². The van der Waals surface area contributed by atoms with Crippen molar-refractivity contribution in [3.8, 4) is 17.0 Å². The Bertz CT molecular complexity index is 1230. The van der Waals surface area contributed by atoms with Crippen LogP contribution in [0.1, 0.15) is 28.8 Å². The van der Waals surface area contributed by atoms with Gasteiger partial charge in [-0.25, -0.2) is 4.79 Å². The van der Waals surface area contributed by atoms with Crippen LogP contribution in [-0.2, 0) is 19.2 Å². The molecule has 0 saturated carbocycles. The Labute approximate surface area is 185 Å². The Balaban J connectivity index is 1.42. The number of carbonyl (C=O) groups excluding carboxylic acids is 1. The smallest absolute Gasteiger partial charge is 0.344 e. The van der Waals surface area contributed by atoms with Crippen LogP contribution in [0.3, 0.4) is 0 Å². The normalized spacial score (nSPS) is 15.0. The summed E-state index contributed by atoms with van der Waals surface area (Å²) in [4.78, 5) is 31.3. The van der Waals surface area contributed by atoms with Crippen molar-refractivity contribution in [1.29, 1.82) is 0 Å². The van der Waals surface area contributed by atoms with Gasteiger partial charge in [-0.3, -0.25) is 20.0 Å². The first kappa shape index (κ1) is 19.9. The number of hydrogen-bond acceptors (Lipinski definition) is 5. The summed E-state index contributed by atoms with van der Waals surface area (Å²) in [5, 5.41) is 2.10. The lowest BCUT2D eigenvalue weighted by atomic mass is 10.1. The molecule has 2 aliphatic heterocycles. The molecule has 3 heterocycles. The number of nitrogens with one attached hydrogen (secondary N) is 1. The van der Waals surface area contributed by atoms with Crippen LogP contribution in [0.4, 0.5) is 11.4 Å². The third-order valence-electron chi connectivity index (χ3n) is 6.07. The number of ether oxygens (including phenoxy) is 1. The average molecular weight is 436 g/mol. The van der Waals surface area contributed by atoms with E-state index < -0.39 is 0 Å². The summed E-state index contributed by atoms with van der Waals surface area (Å²) in [5.74, 6) is 0.856. The number of nitrogens with two attached hydrogens (primary N) is 1. The number of benzene rings is 2. The Morgan fingerprint density at radius 3 is 2.65 bits per heavy atom. The third-order valence-corrected chi connectivity index (χ3v) is 6.38. The molecule has 1 saturated heterocycles. The molecule has 158 valence electrons. The van der Waals surface area contributed by atoms with Gasteiger partial charge in [-0.1, -0.05) is 12.1 Å². The number of carbonyl (C=O) groups is 1. The summed E-state index contributed by atoms with van der Waals surface area (Å²) in [7, 11) is 1.61. The van der Waals surface area contributed by atoms with E-state index in [9.17, 15) is 9.59 Å². The van der Waals surface area contributed by atoms with Gasteiger partial charge < -0.3 is 21.9 Å². The fraction of sp³-hybridized carbons (Fsp3) is 0.261. The van der Waals surface area contributed by atoms with E-state index in [2.05, 4.69) is 4.98 Å². The van der Waals surface area contributed by atoms with Crippen LogP contribution in [0.5, 0.6) is 5.75 Å². The molecule has 2 aromatic carbocycles. The molecule has 1 aromatic heterocycles. The van der Waals surface area contributed by atoms with Crippen LogP contribution in [0, 0.1) is 0 Å². The second-order valence-corrected chi connectivity index (χ2v) is 8.35. The number of methoxy groups -OCH3 is 1. The third kappa shape index (κ3) is 3.52. The maximum Gasteiger partial charge on any atom is 0.344 e. The maximum atomic E-state index is 13.2. The number of amides is 1. The van der Waals surface area contributed by atoms with E-state index in [1.54, 1.807) is 7.11 Å².